The van der Waals surface area contributed by atoms with Crippen LogP contribution in [0, 0.1) is 0 Å². The van der Waals surface area contributed by atoms with Gasteiger partial charge < -0.3 is 10.4 Å². The largest absolute Gasteiger partial charge is 0.506 e. The highest BCUT2D eigenvalue weighted by Gasteiger charge is 2.23. The van der Waals surface area contributed by atoms with E-state index in [1.54, 1.807) is 38.1 Å². The summed E-state index contributed by atoms with van der Waals surface area (Å²) in [6.45, 7) is 3.54. The van der Waals surface area contributed by atoms with Gasteiger partial charge in [0, 0.05) is 13.1 Å². The molecule has 0 atom stereocenters. The number of carbonyl (C=O) groups is 1. The van der Waals surface area contributed by atoms with Crippen molar-refractivity contribution < 1.29 is 18.3 Å². The number of anilines is 1. The SMILES string of the molecule is CCN(CC)S(=O)(=O)c1ccc(O)c(NC(=O)Cn2nnc3ccccc3c2=O)c1. The highest BCUT2D eigenvalue weighted by Crippen LogP contribution is 2.28. The number of phenols is 1. The van der Waals surface area contributed by atoms with Crippen molar-refractivity contribution in [1.82, 2.24) is 19.3 Å². The first-order chi connectivity index (χ1) is 14.3. The Morgan fingerprint density at radius 2 is 1.87 bits per heavy atom. The molecular formula is C19H21N5O5S. The van der Waals surface area contributed by atoms with Crippen LogP contribution in [0.4, 0.5) is 5.69 Å². The van der Waals surface area contributed by atoms with E-state index in [1.165, 1.54) is 22.5 Å². The van der Waals surface area contributed by atoms with Gasteiger partial charge >= 0.3 is 0 Å². The van der Waals surface area contributed by atoms with Gasteiger partial charge in [0.25, 0.3) is 5.56 Å². The third kappa shape index (κ3) is 4.16. The molecule has 0 bridgehead atoms. The summed E-state index contributed by atoms with van der Waals surface area (Å²) < 4.78 is 27.5. The fourth-order valence-electron chi connectivity index (χ4n) is 2.94. The van der Waals surface area contributed by atoms with E-state index in [2.05, 4.69) is 15.6 Å². The predicted octanol–water partition coefficient (Wildman–Crippen LogP) is 1.17. The topological polar surface area (TPSA) is 134 Å². The van der Waals surface area contributed by atoms with Crippen molar-refractivity contribution in [2.24, 2.45) is 0 Å². The van der Waals surface area contributed by atoms with Crippen LogP contribution in [0.25, 0.3) is 10.9 Å². The quantitative estimate of drug-likeness (QED) is 0.536. The van der Waals surface area contributed by atoms with Gasteiger partial charge in [0.15, 0.2) is 0 Å². The molecule has 30 heavy (non-hydrogen) atoms. The zero-order valence-electron chi connectivity index (χ0n) is 16.4. The molecule has 0 saturated carbocycles. The van der Waals surface area contributed by atoms with Crippen molar-refractivity contribution in [2.45, 2.75) is 25.3 Å². The second kappa shape index (κ2) is 8.59. The molecule has 2 aromatic carbocycles. The lowest BCUT2D eigenvalue weighted by Crippen LogP contribution is -2.31. The molecule has 3 rings (SSSR count). The van der Waals surface area contributed by atoms with E-state index >= 15 is 0 Å². The first-order valence-electron chi connectivity index (χ1n) is 9.23. The molecule has 2 N–H and O–H groups in total. The number of amides is 1. The van der Waals surface area contributed by atoms with Crippen LogP contribution in [0.2, 0.25) is 0 Å². The number of sulfonamides is 1. The van der Waals surface area contributed by atoms with Crippen LogP contribution < -0.4 is 10.9 Å². The molecular weight excluding hydrogens is 410 g/mol. The van der Waals surface area contributed by atoms with Crippen LogP contribution in [0.1, 0.15) is 13.8 Å². The maximum Gasteiger partial charge on any atom is 0.278 e. The van der Waals surface area contributed by atoms with Gasteiger partial charge in [-0.15, -0.1) is 5.10 Å². The Bertz CT molecular complexity index is 1250. The maximum atomic E-state index is 12.7. The average molecular weight is 431 g/mol. The Labute approximate surface area is 172 Å². The molecule has 0 spiro atoms. The number of fused-ring (bicyclic) bond motifs is 1. The number of benzene rings is 2. The van der Waals surface area contributed by atoms with Crippen LogP contribution in [0.15, 0.2) is 52.2 Å². The number of phenolic OH excluding ortho intramolecular Hbond substituents is 1. The van der Waals surface area contributed by atoms with Crippen LogP contribution in [-0.2, 0) is 21.4 Å². The first-order valence-corrected chi connectivity index (χ1v) is 10.7. The summed E-state index contributed by atoms with van der Waals surface area (Å²) in [5.74, 6) is -0.979. The molecule has 158 valence electrons. The Hall–Kier alpha value is -3.31. The first kappa shape index (κ1) is 21.4. The molecule has 1 heterocycles. The predicted molar refractivity (Wildman–Crippen MR) is 111 cm³/mol. The molecule has 1 amide bonds. The van der Waals surface area contributed by atoms with Gasteiger partial charge in [-0.3, -0.25) is 9.59 Å². The maximum absolute atomic E-state index is 12.7. The smallest absolute Gasteiger partial charge is 0.278 e. The van der Waals surface area contributed by atoms with E-state index in [-0.39, 0.29) is 29.4 Å². The Balaban J connectivity index is 1.85. The minimum Gasteiger partial charge on any atom is -0.506 e. The van der Waals surface area contributed by atoms with Crippen molar-refractivity contribution in [3.05, 3.63) is 52.8 Å². The van der Waals surface area contributed by atoms with E-state index in [4.69, 9.17) is 0 Å². The van der Waals surface area contributed by atoms with Gasteiger partial charge in [0.05, 0.1) is 16.0 Å². The summed E-state index contributed by atoms with van der Waals surface area (Å²) in [5, 5.41) is 20.4. The van der Waals surface area contributed by atoms with Crippen molar-refractivity contribution in [2.75, 3.05) is 18.4 Å². The Morgan fingerprint density at radius 3 is 2.57 bits per heavy atom. The summed E-state index contributed by atoms with van der Waals surface area (Å²) in [6.07, 6.45) is 0. The molecule has 0 aliphatic rings. The summed E-state index contributed by atoms with van der Waals surface area (Å²) in [7, 11) is -3.77. The Morgan fingerprint density at radius 1 is 1.17 bits per heavy atom. The van der Waals surface area contributed by atoms with Crippen molar-refractivity contribution in [3.63, 3.8) is 0 Å². The second-order valence-electron chi connectivity index (χ2n) is 6.39. The lowest BCUT2D eigenvalue weighted by atomic mass is 10.2. The fourth-order valence-corrected chi connectivity index (χ4v) is 4.43. The molecule has 0 aliphatic heterocycles. The zero-order valence-corrected chi connectivity index (χ0v) is 17.3. The number of hydrogen-bond acceptors (Lipinski definition) is 7. The number of hydrogen-bond donors (Lipinski definition) is 2. The standard InChI is InChI=1S/C19H21N5O5S/c1-3-23(4-2)30(28,29)13-9-10-17(25)16(11-13)20-18(26)12-24-19(27)14-7-5-6-8-15(14)21-22-24/h5-11,25H,3-4,12H2,1-2H3,(H,20,26). The average Bonchev–Trinajstić information content (AvgIpc) is 2.72. The number of rotatable bonds is 7. The van der Waals surface area contributed by atoms with Crippen LogP contribution in [-0.4, -0.2) is 51.8 Å². The third-order valence-electron chi connectivity index (χ3n) is 4.51. The van der Waals surface area contributed by atoms with Crippen LogP contribution in [0.5, 0.6) is 5.75 Å². The lowest BCUT2D eigenvalue weighted by Gasteiger charge is -2.19. The van der Waals surface area contributed by atoms with Gasteiger partial charge in [0.1, 0.15) is 17.8 Å². The number of nitrogens with one attached hydrogen (secondary N) is 1. The van der Waals surface area contributed by atoms with E-state index < -0.39 is 28.0 Å². The normalized spacial score (nSPS) is 11.7. The number of aromatic nitrogens is 3. The van der Waals surface area contributed by atoms with Crippen molar-refractivity contribution >= 4 is 32.5 Å². The van der Waals surface area contributed by atoms with Gasteiger partial charge in [0.2, 0.25) is 15.9 Å². The molecule has 0 aliphatic carbocycles. The molecule has 1 aromatic heterocycles. The summed E-state index contributed by atoms with van der Waals surface area (Å²) in [6, 6.07) is 10.2. The van der Waals surface area contributed by atoms with E-state index in [0.29, 0.717) is 10.9 Å². The zero-order chi connectivity index (χ0) is 21.9. The molecule has 0 unspecified atom stereocenters. The molecule has 0 radical (unpaired) electrons. The molecule has 11 heteroatoms. The van der Waals surface area contributed by atoms with E-state index in [0.717, 1.165) is 4.68 Å². The molecule has 10 nitrogen and oxygen atoms in total. The van der Waals surface area contributed by atoms with Gasteiger partial charge in [-0.2, -0.15) is 4.31 Å². The highest BCUT2D eigenvalue weighted by molar-refractivity contribution is 7.89. The molecule has 0 fully saturated rings. The third-order valence-corrected chi connectivity index (χ3v) is 6.55. The fraction of sp³-hybridized carbons (Fsp3) is 0.263. The van der Waals surface area contributed by atoms with Crippen molar-refractivity contribution in [1.29, 1.82) is 0 Å². The molecule has 3 aromatic rings. The minimum absolute atomic E-state index is 0.0676. The number of carbonyl (C=O) groups excluding carboxylic acids is 1. The summed E-state index contributed by atoms with van der Waals surface area (Å²) in [4.78, 5) is 24.8. The second-order valence-corrected chi connectivity index (χ2v) is 8.32. The molecule has 0 saturated heterocycles. The van der Waals surface area contributed by atoms with Crippen LogP contribution in [0.3, 0.4) is 0 Å². The van der Waals surface area contributed by atoms with Crippen LogP contribution >= 0.6 is 0 Å². The van der Waals surface area contributed by atoms with E-state index in [1.807, 2.05) is 0 Å². The van der Waals surface area contributed by atoms with Gasteiger partial charge in [-0.05, 0) is 30.3 Å². The van der Waals surface area contributed by atoms with Gasteiger partial charge in [-0.1, -0.05) is 31.2 Å². The monoisotopic (exact) mass is 431 g/mol. The highest BCUT2D eigenvalue weighted by atomic mass is 32.2. The Kier molecular flexibility index (Phi) is 6.13. The summed E-state index contributed by atoms with van der Waals surface area (Å²) >= 11 is 0. The lowest BCUT2D eigenvalue weighted by molar-refractivity contribution is -0.117. The van der Waals surface area contributed by atoms with E-state index in [9.17, 15) is 23.1 Å². The minimum atomic E-state index is -3.77. The van der Waals surface area contributed by atoms with Gasteiger partial charge in [-0.25, -0.2) is 13.1 Å². The number of aromatic hydroxyl groups is 1. The number of nitrogens with zero attached hydrogens (tertiary/aromatic N) is 4. The van der Waals surface area contributed by atoms with Crippen molar-refractivity contribution in [3.8, 4) is 5.75 Å². The summed E-state index contributed by atoms with van der Waals surface area (Å²) in [5.41, 5.74) is -0.168.